The van der Waals surface area contributed by atoms with E-state index in [2.05, 4.69) is 10.2 Å². The molecule has 0 saturated carbocycles. The molecule has 1 aromatic rings. The Labute approximate surface area is 98.9 Å². The van der Waals surface area contributed by atoms with Crippen LogP contribution >= 0.6 is 0 Å². The molecule has 2 rings (SSSR count). The first-order valence-corrected chi connectivity index (χ1v) is 5.17. The van der Waals surface area contributed by atoms with E-state index in [1.165, 1.54) is 0 Å². The number of rotatable bonds is 2. The zero-order valence-electron chi connectivity index (χ0n) is 9.51. The second kappa shape index (κ2) is 4.73. The van der Waals surface area contributed by atoms with Crippen molar-refractivity contribution in [1.29, 1.82) is 0 Å². The lowest BCUT2D eigenvalue weighted by Crippen LogP contribution is -2.22. The number of ether oxygens (including phenoxy) is 2. The Balaban J connectivity index is 2.42. The quantitative estimate of drug-likeness (QED) is 0.441. The third-order valence-corrected chi connectivity index (χ3v) is 2.38. The molecule has 0 spiro atoms. The molecular weight excluding hydrogens is 220 g/mol. The first-order valence-electron chi connectivity index (χ1n) is 5.17. The fraction of sp³-hybridized carbons (Fsp3) is 0.273. The maximum Gasteiger partial charge on any atom is 0.211 e. The molecular formula is C11H14N4O2. The topological polar surface area (TPSA) is 95.2 Å². The van der Waals surface area contributed by atoms with Crippen LogP contribution in [0, 0.1) is 0 Å². The van der Waals surface area contributed by atoms with Crippen LogP contribution in [-0.4, -0.2) is 25.4 Å². The van der Waals surface area contributed by atoms with E-state index in [1.807, 2.05) is 18.2 Å². The van der Waals surface area contributed by atoms with Crippen LogP contribution in [0.4, 0.5) is 0 Å². The van der Waals surface area contributed by atoms with Gasteiger partial charge in [-0.25, -0.2) is 0 Å². The van der Waals surface area contributed by atoms with Crippen LogP contribution in [0.2, 0.25) is 0 Å². The zero-order valence-corrected chi connectivity index (χ0v) is 9.51. The number of benzene rings is 1. The van der Waals surface area contributed by atoms with E-state index in [0.717, 1.165) is 22.8 Å². The second-order valence-corrected chi connectivity index (χ2v) is 3.53. The van der Waals surface area contributed by atoms with Crippen LogP contribution in [-0.2, 0) is 0 Å². The minimum atomic E-state index is -0.0616. The normalized spacial score (nSPS) is 15.9. The lowest BCUT2D eigenvalue weighted by Gasteiger charge is -2.18. The van der Waals surface area contributed by atoms with E-state index in [1.54, 1.807) is 7.11 Å². The van der Waals surface area contributed by atoms with Gasteiger partial charge in [0.25, 0.3) is 0 Å². The molecule has 0 radical (unpaired) electrons. The van der Waals surface area contributed by atoms with Crippen molar-refractivity contribution >= 4 is 11.7 Å². The maximum absolute atomic E-state index is 5.51. The third-order valence-electron chi connectivity index (χ3n) is 2.38. The number of nitrogens with two attached hydrogens (primary N) is 2. The second-order valence-electron chi connectivity index (χ2n) is 3.53. The lowest BCUT2D eigenvalue weighted by molar-refractivity contribution is 0.319. The predicted molar refractivity (Wildman–Crippen MR) is 65.5 cm³/mol. The highest BCUT2D eigenvalue weighted by molar-refractivity contribution is 6.04. The van der Waals surface area contributed by atoms with Crippen LogP contribution in [0.3, 0.4) is 0 Å². The monoisotopic (exact) mass is 234 g/mol. The average Bonchev–Trinajstić information content (AvgIpc) is 2.35. The van der Waals surface area contributed by atoms with Crippen molar-refractivity contribution in [2.45, 2.75) is 6.42 Å². The smallest absolute Gasteiger partial charge is 0.211 e. The minimum Gasteiger partial charge on any atom is -0.497 e. The highest BCUT2D eigenvalue weighted by Crippen LogP contribution is 2.28. The van der Waals surface area contributed by atoms with Gasteiger partial charge in [0.15, 0.2) is 0 Å². The number of methoxy groups -OCH3 is 1. The van der Waals surface area contributed by atoms with Crippen LogP contribution < -0.4 is 20.9 Å². The predicted octanol–water partition coefficient (Wildman–Crippen LogP) is 0.455. The van der Waals surface area contributed by atoms with Gasteiger partial charge in [0, 0.05) is 12.0 Å². The Morgan fingerprint density at radius 2 is 2.24 bits per heavy atom. The molecule has 0 bridgehead atoms. The van der Waals surface area contributed by atoms with Crippen molar-refractivity contribution in [2.24, 2.45) is 21.7 Å². The summed E-state index contributed by atoms with van der Waals surface area (Å²) in [6.07, 6.45) is 0.664. The van der Waals surface area contributed by atoms with Crippen LogP contribution in [0.15, 0.2) is 28.4 Å². The molecule has 4 N–H and O–H groups in total. The molecule has 0 atom stereocenters. The molecule has 6 heteroatoms. The summed E-state index contributed by atoms with van der Waals surface area (Å²) in [4.78, 5) is 0. The van der Waals surface area contributed by atoms with E-state index in [-0.39, 0.29) is 5.96 Å². The van der Waals surface area contributed by atoms with Gasteiger partial charge in [-0.2, -0.15) is 5.10 Å². The van der Waals surface area contributed by atoms with Crippen LogP contribution in [0.1, 0.15) is 12.0 Å². The Kier molecular flexibility index (Phi) is 3.13. The first kappa shape index (κ1) is 11.3. The molecule has 1 aliphatic rings. The summed E-state index contributed by atoms with van der Waals surface area (Å²) < 4.78 is 10.7. The molecule has 1 aliphatic heterocycles. The van der Waals surface area contributed by atoms with Gasteiger partial charge in [-0.15, -0.1) is 5.10 Å². The summed E-state index contributed by atoms with van der Waals surface area (Å²) in [5.74, 6) is 1.45. The summed E-state index contributed by atoms with van der Waals surface area (Å²) in [7, 11) is 1.61. The van der Waals surface area contributed by atoms with E-state index in [4.69, 9.17) is 20.9 Å². The van der Waals surface area contributed by atoms with E-state index < -0.39 is 0 Å². The van der Waals surface area contributed by atoms with Gasteiger partial charge < -0.3 is 20.9 Å². The summed E-state index contributed by atoms with van der Waals surface area (Å²) in [6, 6.07) is 5.54. The highest BCUT2D eigenvalue weighted by Gasteiger charge is 2.17. The van der Waals surface area contributed by atoms with Crippen LogP contribution in [0.5, 0.6) is 11.5 Å². The fourth-order valence-corrected chi connectivity index (χ4v) is 1.60. The zero-order chi connectivity index (χ0) is 12.3. The number of hydrogen-bond donors (Lipinski definition) is 2. The molecule has 17 heavy (non-hydrogen) atoms. The number of fused-ring (bicyclic) bond motifs is 1. The number of nitrogens with zero attached hydrogens (tertiary/aromatic N) is 2. The Bertz CT molecular complexity index is 478. The van der Waals surface area contributed by atoms with E-state index in [9.17, 15) is 0 Å². The average molecular weight is 234 g/mol. The highest BCUT2D eigenvalue weighted by atomic mass is 16.5. The summed E-state index contributed by atoms with van der Waals surface area (Å²) >= 11 is 0. The first-order chi connectivity index (χ1) is 8.20. The minimum absolute atomic E-state index is 0.0616. The van der Waals surface area contributed by atoms with Crippen LogP contribution in [0.25, 0.3) is 0 Å². The van der Waals surface area contributed by atoms with Gasteiger partial charge in [-0.05, 0) is 18.2 Å². The molecule has 0 unspecified atom stereocenters. The molecule has 6 nitrogen and oxygen atoms in total. The van der Waals surface area contributed by atoms with E-state index in [0.29, 0.717) is 13.0 Å². The van der Waals surface area contributed by atoms with Crippen molar-refractivity contribution < 1.29 is 9.47 Å². The lowest BCUT2D eigenvalue weighted by atomic mass is 10.0. The van der Waals surface area contributed by atoms with Gasteiger partial charge >= 0.3 is 0 Å². The van der Waals surface area contributed by atoms with Gasteiger partial charge in [0.2, 0.25) is 5.96 Å². The Hall–Kier alpha value is -2.24. The number of guanidine groups is 1. The molecule has 1 heterocycles. The Morgan fingerprint density at radius 1 is 1.41 bits per heavy atom. The number of hydrogen-bond acceptors (Lipinski definition) is 4. The van der Waals surface area contributed by atoms with E-state index >= 15 is 0 Å². The molecule has 0 aliphatic carbocycles. The molecule has 0 saturated heterocycles. The molecule has 1 aromatic carbocycles. The third kappa shape index (κ3) is 2.47. The van der Waals surface area contributed by atoms with Crippen molar-refractivity contribution in [1.82, 2.24) is 0 Å². The van der Waals surface area contributed by atoms with Gasteiger partial charge in [0.1, 0.15) is 11.5 Å². The summed E-state index contributed by atoms with van der Waals surface area (Å²) in [5, 5.41) is 7.68. The largest absolute Gasteiger partial charge is 0.497 e. The molecule has 0 amide bonds. The van der Waals surface area contributed by atoms with Crippen molar-refractivity contribution in [3.63, 3.8) is 0 Å². The standard InChI is InChI=1S/C11H14N4O2/c1-16-7-2-3-10-8(6-7)9(4-5-17-10)14-15-11(12)13/h2-3,6H,4-5H2,1H3,(H4,12,13,15)/b14-9+. The summed E-state index contributed by atoms with van der Waals surface area (Å²) in [5.41, 5.74) is 12.2. The van der Waals surface area contributed by atoms with Gasteiger partial charge in [0.05, 0.1) is 19.4 Å². The maximum atomic E-state index is 5.51. The van der Waals surface area contributed by atoms with Crippen molar-refractivity contribution in [3.05, 3.63) is 23.8 Å². The molecule has 0 fully saturated rings. The molecule has 90 valence electrons. The summed E-state index contributed by atoms with van der Waals surface area (Å²) in [6.45, 7) is 0.568. The van der Waals surface area contributed by atoms with Gasteiger partial charge in [-0.1, -0.05) is 0 Å². The Morgan fingerprint density at radius 3 is 2.94 bits per heavy atom. The van der Waals surface area contributed by atoms with Gasteiger partial charge in [-0.3, -0.25) is 0 Å². The van der Waals surface area contributed by atoms with Crippen molar-refractivity contribution in [3.8, 4) is 11.5 Å². The van der Waals surface area contributed by atoms with Crippen molar-refractivity contribution in [2.75, 3.05) is 13.7 Å². The fourth-order valence-electron chi connectivity index (χ4n) is 1.60. The molecule has 0 aromatic heterocycles. The SMILES string of the molecule is COc1ccc2c(c1)/C(=N/N=C(N)N)CCO2.